The Kier molecular flexibility index (Phi) is 4.18. The molecule has 2 aromatic carbocycles. The van der Waals surface area contributed by atoms with Gasteiger partial charge in [-0.1, -0.05) is 12.1 Å². The highest BCUT2D eigenvalue weighted by Gasteiger charge is 2.10. The second-order valence-electron chi connectivity index (χ2n) is 4.77. The maximum absolute atomic E-state index is 5.94. The molecule has 2 rings (SSSR count). The predicted molar refractivity (Wildman–Crippen MR) is 80.3 cm³/mol. The lowest BCUT2D eigenvalue weighted by atomic mass is 10.1. The lowest BCUT2D eigenvalue weighted by molar-refractivity contribution is 0.397. The molecule has 3 nitrogen and oxygen atoms in total. The minimum Gasteiger partial charge on any atom is -0.496 e. The number of ether oxygens (including phenoxy) is 3. The summed E-state index contributed by atoms with van der Waals surface area (Å²) in [4.78, 5) is 0. The van der Waals surface area contributed by atoms with Gasteiger partial charge in [0.1, 0.15) is 23.0 Å². The van der Waals surface area contributed by atoms with Gasteiger partial charge in [0.2, 0.25) is 0 Å². The summed E-state index contributed by atoms with van der Waals surface area (Å²) < 4.78 is 16.7. The Morgan fingerprint density at radius 1 is 0.750 bits per heavy atom. The summed E-state index contributed by atoms with van der Waals surface area (Å²) in [5, 5.41) is 0. The Hall–Kier alpha value is -2.16. The second-order valence-corrected chi connectivity index (χ2v) is 4.77. The lowest BCUT2D eigenvalue weighted by Gasteiger charge is -2.14. The summed E-state index contributed by atoms with van der Waals surface area (Å²) >= 11 is 0. The third kappa shape index (κ3) is 2.72. The van der Waals surface area contributed by atoms with Crippen LogP contribution in [0.1, 0.15) is 16.7 Å². The maximum Gasteiger partial charge on any atom is 0.134 e. The first-order valence-corrected chi connectivity index (χ1v) is 6.53. The molecular formula is C17H20O3. The highest BCUT2D eigenvalue weighted by atomic mass is 16.5. The molecule has 0 fully saturated rings. The summed E-state index contributed by atoms with van der Waals surface area (Å²) in [5.41, 5.74) is 3.17. The van der Waals surface area contributed by atoms with Crippen molar-refractivity contribution in [3.8, 4) is 23.0 Å². The summed E-state index contributed by atoms with van der Waals surface area (Å²) in [5.74, 6) is 3.22. The Morgan fingerprint density at radius 2 is 1.45 bits per heavy atom. The van der Waals surface area contributed by atoms with Gasteiger partial charge in [-0.25, -0.2) is 0 Å². The fourth-order valence-electron chi connectivity index (χ4n) is 2.22. The van der Waals surface area contributed by atoms with Crippen molar-refractivity contribution >= 4 is 0 Å². The zero-order valence-electron chi connectivity index (χ0n) is 12.6. The number of hydrogen-bond acceptors (Lipinski definition) is 3. The smallest absolute Gasteiger partial charge is 0.134 e. The number of hydrogen-bond donors (Lipinski definition) is 0. The zero-order chi connectivity index (χ0) is 14.7. The third-order valence-electron chi connectivity index (χ3n) is 3.36. The topological polar surface area (TPSA) is 27.7 Å². The molecule has 2 aromatic rings. The largest absolute Gasteiger partial charge is 0.496 e. The van der Waals surface area contributed by atoms with Gasteiger partial charge in [-0.05, 0) is 44.0 Å². The minimum absolute atomic E-state index is 0.751. The van der Waals surface area contributed by atoms with Crippen LogP contribution in [0.3, 0.4) is 0 Å². The SMILES string of the molecule is COc1cc(Oc2ccc(C)c(OC)c2C)ccc1C. The number of methoxy groups -OCH3 is 2. The molecule has 0 aromatic heterocycles. The Bertz CT molecular complexity index is 618. The van der Waals surface area contributed by atoms with E-state index in [1.165, 1.54) is 0 Å². The first-order valence-electron chi connectivity index (χ1n) is 6.53. The van der Waals surface area contributed by atoms with Crippen LogP contribution in [0.4, 0.5) is 0 Å². The zero-order valence-corrected chi connectivity index (χ0v) is 12.6. The van der Waals surface area contributed by atoms with Crippen LogP contribution < -0.4 is 14.2 Å². The van der Waals surface area contributed by atoms with E-state index < -0.39 is 0 Å². The van der Waals surface area contributed by atoms with Crippen molar-refractivity contribution in [2.45, 2.75) is 20.8 Å². The average Bonchev–Trinajstić information content (AvgIpc) is 2.44. The van der Waals surface area contributed by atoms with Gasteiger partial charge in [-0.3, -0.25) is 0 Å². The molecule has 0 amide bonds. The fourth-order valence-corrected chi connectivity index (χ4v) is 2.22. The molecule has 0 aliphatic heterocycles. The molecule has 0 radical (unpaired) electrons. The average molecular weight is 272 g/mol. The molecule has 0 aliphatic carbocycles. The summed E-state index contributed by atoms with van der Waals surface area (Å²) in [6.45, 7) is 6.01. The van der Waals surface area contributed by atoms with Gasteiger partial charge in [0.05, 0.1) is 14.2 Å². The second kappa shape index (κ2) is 5.87. The van der Waals surface area contributed by atoms with E-state index in [-0.39, 0.29) is 0 Å². The van der Waals surface area contributed by atoms with Crippen LogP contribution in [0.5, 0.6) is 23.0 Å². The molecule has 106 valence electrons. The summed E-state index contributed by atoms with van der Waals surface area (Å²) in [6.07, 6.45) is 0. The lowest BCUT2D eigenvalue weighted by Crippen LogP contribution is -1.95. The summed E-state index contributed by atoms with van der Waals surface area (Å²) in [6, 6.07) is 9.76. The van der Waals surface area contributed by atoms with Crippen LogP contribution in [0.2, 0.25) is 0 Å². The van der Waals surface area contributed by atoms with Crippen molar-refractivity contribution in [2.24, 2.45) is 0 Å². The molecule has 20 heavy (non-hydrogen) atoms. The monoisotopic (exact) mass is 272 g/mol. The number of rotatable bonds is 4. The van der Waals surface area contributed by atoms with E-state index in [2.05, 4.69) is 0 Å². The van der Waals surface area contributed by atoms with Crippen LogP contribution in [-0.2, 0) is 0 Å². The summed E-state index contributed by atoms with van der Waals surface area (Å²) in [7, 11) is 3.33. The van der Waals surface area contributed by atoms with Crippen molar-refractivity contribution in [3.63, 3.8) is 0 Å². The van der Waals surface area contributed by atoms with Crippen LogP contribution in [0.15, 0.2) is 30.3 Å². The van der Waals surface area contributed by atoms with Crippen molar-refractivity contribution in [3.05, 3.63) is 47.0 Å². The van der Waals surface area contributed by atoms with E-state index in [9.17, 15) is 0 Å². The third-order valence-corrected chi connectivity index (χ3v) is 3.36. The molecule has 0 saturated heterocycles. The van der Waals surface area contributed by atoms with Crippen molar-refractivity contribution in [1.29, 1.82) is 0 Å². The Labute approximate surface area is 120 Å². The normalized spacial score (nSPS) is 10.2. The van der Waals surface area contributed by atoms with Gasteiger partial charge in [-0.15, -0.1) is 0 Å². The molecular weight excluding hydrogens is 252 g/mol. The van der Waals surface area contributed by atoms with Crippen LogP contribution in [0, 0.1) is 20.8 Å². The van der Waals surface area contributed by atoms with E-state index in [4.69, 9.17) is 14.2 Å². The van der Waals surface area contributed by atoms with E-state index in [0.29, 0.717) is 0 Å². The quantitative estimate of drug-likeness (QED) is 0.824. The highest BCUT2D eigenvalue weighted by molar-refractivity contribution is 5.51. The van der Waals surface area contributed by atoms with Gasteiger partial charge >= 0.3 is 0 Å². The van der Waals surface area contributed by atoms with Gasteiger partial charge in [-0.2, -0.15) is 0 Å². The minimum atomic E-state index is 0.751. The standard InChI is InChI=1S/C17H20O3/c1-11-6-8-14(10-16(11)18-4)20-15-9-7-12(2)17(19-5)13(15)3/h6-10H,1-5H3. The Morgan fingerprint density at radius 3 is 2.10 bits per heavy atom. The van der Waals surface area contributed by atoms with Crippen molar-refractivity contribution in [2.75, 3.05) is 14.2 Å². The van der Waals surface area contributed by atoms with E-state index >= 15 is 0 Å². The van der Waals surface area contributed by atoms with Crippen LogP contribution >= 0.6 is 0 Å². The molecule has 0 saturated carbocycles. The number of benzene rings is 2. The molecule has 0 bridgehead atoms. The van der Waals surface area contributed by atoms with Gasteiger partial charge < -0.3 is 14.2 Å². The molecule has 0 unspecified atom stereocenters. The molecule has 0 N–H and O–H groups in total. The first-order chi connectivity index (χ1) is 9.56. The first kappa shape index (κ1) is 14.3. The number of aryl methyl sites for hydroxylation is 2. The molecule has 0 heterocycles. The molecule has 0 aliphatic rings. The molecule has 0 atom stereocenters. The predicted octanol–water partition coefficient (Wildman–Crippen LogP) is 4.42. The molecule has 3 heteroatoms. The maximum atomic E-state index is 5.94. The van der Waals surface area contributed by atoms with E-state index in [1.54, 1.807) is 14.2 Å². The van der Waals surface area contributed by atoms with Crippen LogP contribution in [0.25, 0.3) is 0 Å². The van der Waals surface area contributed by atoms with Gasteiger partial charge in [0.15, 0.2) is 0 Å². The fraction of sp³-hybridized carbons (Fsp3) is 0.294. The van der Waals surface area contributed by atoms with Gasteiger partial charge in [0.25, 0.3) is 0 Å². The molecule has 0 spiro atoms. The van der Waals surface area contributed by atoms with E-state index in [0.717, 1.165) is 39.7 Å². The van der Waals surface area contributed by atoms with Crippen LogP contribution in [-0.4, -0.2) is 14.2 Å². The highest BCUT2D eigenvalue weighted by Crippen LogP contribution is 2.35. The van der Waals surface area contributed by atoms with Crippen molar-refractivity contribution in [1.82, 2.24) is 0 Å². The van der Waals surface area contributed by atoms with Gasteiger partial charge in [0, 0.05) is 11.6 Å². The van der Waals surface area contributed by atoms with E-state index in [1.807, 2.05) is 51.1 Å². The van der Waals surface area contributed by atoms with Crippen molar-refractivity contribution < 1.29 is 14.2 Å². The Balaban J connectivity index is 2.35.